The maximum atomic E-state index is 2.61. The molecule has 15 rings (SSSR count). The molecule has 13 aromatic rings. The van der Waals surface area contributed by atoms with Gasteiger partial charge in [0, 0.05) is 66.8 Å². The van der Waals surface area contributed by atoms with Crippen molar-refractivity contribution in [2.24, 2.45) is 0 Å². The lowest BCUT2D eigenvalue weighted by Gasteiger charge is -2.46. The Morgan fingerprint density at radius 1 is 0.307 bits per heavy atom. The third kappa shape index (κ3) is 6.57. The van der Waals surface area contributed by atoms with Crippen LogP contribution in [0.15, 0.2) is 255 Å². The second kappa shape index (κ2) is 16.6. The number of hydrogen-bond donors (Lipinski definition) is 0. The fraction of sp³-hybridized carbons (Fsp3) is 0.0571. The third-order valence-electron chi connectivity index (χ3n) is 16.0. The minimum absolute atomic E-state index is 0.103. The Bertz CT molecular complexity index is 4050. The number of anilines is 6. The van der Waals surface area contributed by atoms with Crippen LogP contribution in [0, 0.1) is 0 Å². The predicted molar refractivity (Wildman–Crippen MR) is 319 cm³/mol. The highest BCUT2D eigenvalue weighted by molar-refractivity contribution is 7.00. The molecule has 354 valence electrons. The summed E-state index contributed by atoms with van der Waals surface area (Å²) >= 11 is 0. The molecule has 0 unspecified atom stereocenters. The molecule has 0 aliphatic carbocycles. The number of fused-ring (bicyclic) bond motifs is 10. The molecule has 2 aliphatic heterocycles. The van der Waals surface area contributed by atoms with Gasteiger partial charge in [-0.05, 0) is 111 Å². The molecule has 0 radical (unpaired) electrons. The molecule has 4 nitrogen and oxygen atoms in total. The number of rotatable bonds is 6. The fourth-order valence-electron chi connectivity index (χ4n) is 12.7. The maximum absolute atomic E-state index is 2.61. The first-order chi connectivity index (χ1) is 36.9. The predicted octanol–water partition coefficient (Wildman–Crippen LogP) is 16.6. The molecule has 0 amide bonds. The van der Waals surface area contributed by atoms with Crippen molar-refractivity contribution in [2.75, 3.05) is 9.80 Å². The molecule has 2 aliphatic rings. The van der Waals surface area contributed by atoms with E-state index in [2.05, 4.69) is 294 Å². The van der Waals surface area contributed by atoms with Crippen molar-refractivity contribution < 1.29 is 0 Å². The van der Waals surface area contributed by atoms with Crippen molar-refractivity contribution in [3.05, 3.63) is 260 Å². The van der Waals surface area contributed by atoms with Crippen LogP contribution in [0.3, 0.4) is 0 Å². The normalized spacial score (nSPS) is 12.9. The van der Waals surface area contributed by atoms with Gasteiger partial charge in [0.05, 0.1) is 33.4 Å². The van der Waals surface area contributed by atoms with E-state index < -0.39 is 0 Å². The number of para-hydroxylation sites is 6. The van der Waals surface area contributed by atoms with Crippen molar-refractivity contribution in [1.29, 1.82) is 0 Å². The third-order valence-corrected chi connectivity index (χ3v) is 16.0. The first kappa shape index (κ1) is 43.3. The van der Waals surface area contributed by atoms with Crippen molar-refractivity contribution >= 4 is 101 Å². The van der Waals surface area contributed by atoms with Gasteiger partial charge in [0.2, 0.25) is 0 Å². The molecular weight excluding hydrogens is 908 g/mol. The van der Waals surface area contributed by atoms with Crippen LogP contribution < -0.4 is 26.2 Å². The van der Waals surface area contributed by atoms with E-state index in [4.69, 9.17) is 0 Å². The van der Waals surface area contributed by atoms with Crippen LogP contribution in [0.1, 0.15) is 26.3 Å². The van der Waals surface area contributed by atoms with Crippen molar-refractivity contribution in [3.63, 3.8) is 0 Å². The summed E-state index contributed by atoms with van der Waals surface area (Å²) in [7, 11) is 0. The maximum Gasteiger partial charge on any atom is 0.252 e. The zero-order valence-electron chi connectivity index (χ0n) is 42.1. The molecule has 0 saturated heterocycles. The number of benzene rings is 11. The van der Waals surface area contributed by atoms with E-state index in [0.29, 0.717) is 0 Å². The minimum Gasteiger partial charge on any atom is -0.311 e. The highest BCUT2D eigenvalue weighted by atomic mass is 15.2. The summed E-state index contributed by atoms with van der Waals surface area (Å²) < 4.78 is 4.93. The Kier molecular flexibility index (Phi) is 9.58. The van der Waals surface area contributed by atoms with Gasteiger partial charge in [-0.15, -0.1) is 0 Å². The topological polar surface area (TPSA) is 16.3 Å². The molecule has 5 heteroatoms. The van der Waals surface area contributed by atoms with E-state index in [-0.39, 0.29) is 12.1 Å². The average Bonchev–Trinajstić information content (AvgIpc) is 3.98. The molecule has 0 bridgehead atoms. The summed E-state index contributed by atoms with van der Waals surface area (Å²) in [6.45, 7) is 6.97. The molecule has 2 aromatic heterocycles. The Morgan fingerprint density at radius 3 is 1.04 bits per heavy atom. The van der Waals surface area contributed by atoms with Crippen LogP contribution in [-0.4, -0.2) is 15.8 Å². The van der Waals surface area contributed by atoms with Crippen molar-refractivity contribution in [1.82, 2.24) is 9.13 Å². The Balaban J connectivity index is 1.08. The zero-order chi connectivity index (χ0) is 49.9. The lowest BCUT2D eigenvalue weighted by molar-refractivity contribution is 0.590. The molecule has 0 spiro atoms. The van der Waals surface area contributed by atoms with E-state index >= 15 is 0 Å². The summed E-state index contributed by atoms with van der Waals surface area (Å²) in [4.78, 5) is 5.22. The van der Waals surface area contributed by atoms with Gasteiger partial charge in [0.25, 0.3) is 6.71 Å². The Labute approximate surface area is 437 Å². The van der Waals surface area contributed by atoms with Crippen LogP contribution in [0.4, 0.5) is 34.1 Å². The van der Waals surface area contributed by atoms with Gasteiger partial charge in [-0.3, -0.25) is 0 Å². The van der Waals surface area contributed by atoms with Crippen molar-refractivity contribution in [3.8, 4) is 33.6 Å². The van der Waals surface area contributed by atoms with Gasteiger partial charge in [-0.1, -0.05) is 203 Å². The van der Waals surface area contributed by atoms with Crippen LogP contribution in [0.25, 0.3) is 77.2 Å². The first-order valence-corrected chi connectivity index (χ1v) is 26.2. The molecular formula is C70H51BN4. The minimum atomic E-state index is -0.202. The van der Waals surface area contributed by atoms with Crippen molar-refractivity contribution in [2.45, 2.75) is 26.2 Å². The summed E-state index contributed by atoms with van der Waals surface area (Å²) in [5.41, 5.74) is 23.6. The molecule has 4 heterocycles. The molecule has 0 N–H and O–H groups in total. The largest absolute Gasteiger partial charge is 0.311 e. The van der Waals surface area contributed by atoms with Gasteiger partial charge >= 0.3 is 0 Å². The summed E-state index contributed by atoms with van der Waals surface area (Å²) in [5.74, 6) is 0. The van der Waals surface area contributed by atoms with Crippen LogP contribution in [0.2, 0.25) is 0 Å². The molecule has 0 atom stereocenters. The summed E-state index contributed by atoms with van der Waals surface area (Å²) in [5, 5.41) is 4.99. The number of nitrogens with zero attached hydrogens (tertiary/aromatic N) is 4. The molecule has 11 aromatic carbocycles. The lowest BCUT2D eigenvalue weighted by atomic mass is 9.33. The highest BCUT2D eigenvalue weighted by Gasteiger charge is 2.45. The highest BCUT2D eigenvalue weighted by Crippen LogP contribution is 2.50. The van der Waals surface area contributed by atoms with Gasteiger partial charge in [0.1, 0.15) is 0 Å². The van der Waals surface area contributed by atoms with Gasteiger partial charge in [-0.2, -0.15) is 0 Å². The summed E-state index contributed by atoms with van der Waals surface area (Å²) in [6, 6.07) is 94.8. The van der Waals surface area contributed by atoms with E-state index in [1.165, 1.54) is 111 Å². The SMILES string of the molecule is CC(C)(C)c1cc2c3c(c1)N(c1ccccc1-c1ccccc1)c1cc(-n4c5ccccc5c5ccccc54)ccc1B3c1ccc(-n3c4ccccc4c4ccccc43)cc1N2c1ccccc1-c1ccccc1. The Hall–Kier alpha value is -9.32. The average molecular weight is 959 g/mol. The monoisotopic (exact) mass is 958 g/mol. The standard InChI is InChI=1S/C70H51BN4/c1-70(2,3)48-42-67-69-68(43-48)75(60-33-17-11-27-52(60)47-24-8-5-9-25-47)66-45-50(73-63-36-20-14-30-55(63)56-31-15-21-37-64(56)73)39-41-58(66)71(69)57-40-38-49(72-61-34-18-12-28-53(61)54-29-13-19-35-62(54)72)44-65(57)74(67)59-32-16-10-26-51(59)46-22-6-4-7-23-46/h4-45H,1-3H3. The molecule has 0 fully saturated rings. The molecule has 75 heavy (non-hydrogen) atoms. The quantitative estimate of drug-likeness (QED) is 0.154. The number of hydrogen-bond acceptors (Lipinski definition) is 2. The Morgan fingerprint density at radius 2 is 0.653 bits per heavy atom. The second-order valence-electron chi connectivity index (χ2n) is 21.3. The first-order valence-electron chi connectivity index (χ1n) is 26.2. The van der Waals surface area contributed by atoms with Crippen LogP contribution in [-0.2, 0) is 5.41 Å². The smallest absolute Gasteiger partial charge is 0.252 e. The van der Waals surface area contributed by atoms with Gasteiger partial charge in [0.15, 0.2) is 0 Å². The molecule has 0 saturated carbocycles. The van der Waals surface area contributed by atoms with Crippen LogP contribution >= 0.6 is 0 Å². The van der Waals surface area contributed by atoms with E-state index in [1.54, 1.807) is 0 Å². The van der Waals surface area contributed by atoms with Gasteiger partial charge in [-0.25, -0.2) is 0 Å². The van der Waals surface area contributed by atoms with Gasteiger partial charge < -0.3 is 18.9 Å². The zero-order valence-corrected chi connectivity index (χ0v) is 42.1. The number of aromatic nitrogens is 2. The van der Waals surface area contributed by atoms with E-state index in [1.807, 2.05) is 0 Å². The second-order valence-corrected chi connectivity index (χ2v) is 21.3. The lowest BCUT2D eigenvalue weighted by Crippen LogP contribution is -2.61. The summed E-state index contributed by atoms with van der Waals surface area (Å²) in [6.07, 6.45) is 0. The van der Waals surface area contributed by atoms with E-state index in [0.717, 1.165) is 22.7 Å². The van der Waals surface area contributed by atoms with Crippen LogP contribution in [0.5, 0.6) is 0 Å². The van der Waals surface area contributed by atoms with E-state index in [9.17, 15) is 0 Å². The fourth-order valence-corrected chi connectivity index (χ4v) is 12.7.